The van der Waals surface area contributed by atoms with Crippen molar-refractivity contribution in [3.05, 3.63) is 96.1 Å². The molecule has 160 valence electrons. The minimum Gasteiger partial charge on any atom is -0.274 e. The number of carbonyl (C=O) groups is 2. The van der Waals surface area contributed by atoms with Crippen molar-refractivity contribution < 1.29 is 18.0 Å². The Balaban J connectivity index is 1.73. The summed E-state index contributed by atoms with van der Waals surface area (Å²) in [6, 6.07) is 23.6. The van der Waals surface area contributed by atoms with Crippen molar-refractivity contribution in [1.82, 2.24) is 4.31 Å². The van der Waals surface area contributed by atoms with Crippen molar-refractivity contribution in [2.45, 2.75) is 23.9 Å². The summed E-state index contributed by atoms with van der Waals surface area (Å²) in [4.78, 5) is 27.1. The van der Waals surface area contributed by atoms with Crippen LogP contribution < -0.4 is 4.90 Å². The van der Waals surface area contributed by atoms with Gasteiger partial charge in [-0.3, -0.25) is 9.59 Å². The smallest absolute Gasteiger partial charge is 0.252 e. The summed E-state index contributed by atoms with van der Waals surface area (Å²) in [5, 5.41) is 8.98. The maximum absolute atomic E-state index is 13.5. The van der Waals surface area contributed by atoms with Crippen LogP contribution in [0.5, 0.6) is 0 Å². The first-order valence-corrected chi connectivity index (χ1v) is 11.3. The third-order valence-corrected chi connectivity index (χ3v) is 7.13. The third kappa shape index (κ3) is 4.04. The molecular formula is C24H19N3O4S. The van der Waals surface area contributed by atoms with Gasteiger partial charge in [0.1, 0.15) is 6.04 Å². The molecule has 0 aliphatic carbocycles. The number of amides is 2. The topological polar surface area (TPSA) is 98.5 Å². The highest BCUT2D eigenvalue weighted by atomic mass is 32.2. The molecule has 32 heavy (non-hydrogen) atoms. The number of sulfonamides is 1. The van der Waals surface area contributed by atoms with Crippen LogP contribution in [0.2, 0.25) is 0 Å². The first-order chi connectivity index (χ1) is 15.4. The molecular weight excluding hydrogens is 426 g/mol. The minimum absolute atomic E-state index is 0.0491. The zero-order chi connectivity index (χ0) is 22.7. The maximum atomic E-state index is 13.5. The van der Waals surface area contributed by atoms with E-state index < -0.39 is 27.9 Å². The normalized spacial score (nSPS) is 16.4. The lowest BCUT2D eigenvalue weighted by molar-refractivity contribution is -0.122. The van der Waals surface area contributed by atoms with Crippen molar-refractivity contribution in [2.24, 2.45) is 0 Å². The number of imide groups is 1. The van der Waals surface area contributed by atoms with Gasteiger partial charge in [-0.15, -0.1) is 0 Å². The van der Waals surface area contributed by atoms with Gasteiger partial charge in [0.25, 0.3) is 5.91 Å². The van der Waals surface area contributed by atoms with E-state index in [1.807, 2.05) is 12.1 Å². The molecule has 1 aliphatic rings. The molecule has 1 fully saturated rings. The molecule has 0 bridgehead atoms. The highest BCUT2D eigenvalue weighted by molar-refractivity contribution is 7.89. The molecule has 7 nitrogen and oxygen atoms in total. The zero-order valence-electron chi connectivity index (χ0n) is 17.0. The molecule has 2 amide bonds. The number of rotatable bonds is 6. The molecule has 1 heterocycles. The number of hydrogen-bond acceptors (Lipinski definition) is 5. The Morgan fingerprint density at radius 2 is 1.50 bits per heavy atom. The number of carbonyl (C=O) groups excluding carboxylic acids is 2. The molecule has 1 aliphatic heterocycles. The van der Waals surface area contributed by atoms with Gasteiger partial charge in [-0.1, -0.05) is 48.5 Å². The number of nitriles is 1. The zero-order valence-corrected chi connectivity index (χ0v) is 17.8. The highest BCUT2D eigenvalue weighted by Gasteiger charge is 2.46. The quantitative estimate of drug-likeness (QED) is 0.543. The highest BCUT2D eigenvalue weighted by Crippen LogP contribution is 2.30. The van der Waals surface area contributed by atoms with E-state index in [2.05, 4.69) is 0 Å². The number of benzene rings is 3. The van der Waals surface area contributed by atoms with E-state index in [1.165, 1.54) is 36.4 Å². The predicted octanol–water partition coefficient (Wildman–Crippen LogP) is 3.08. The van der Waals surface area contributed by atoms with E-state index >= 15 is 0 Å². The molecule has 1 saturated heterocycles. The maximum Gasteiger partial charge on any atom is 0.252 e. The second-order valence-electron chi connectivity index (χ2n) is 7.29. The van der Waals surface area contributed by atoms with Crippen LogP contribution in [0.1, 0.15) is 17.5 Å². The second-order valence-corrected chi connectivity index (χ2v) is 9.19. The summed E-state index contributed by atoms with van der Waals surface area (Å²) >= 11 is 0. The van der Waals surface area contributed by atoms with Gasteiger partial charge >= 0.3 is 0 Å². The van der Waals surface area contributed by atoms with Gasteiger partial charge in [-0.2, -0.15) is 9.57 Å². The summed E-state index contributed by atoms with van der Waals surface area (Å²) in [6.07, 6.45) is -0.266. The fourth-order valence-electron chi connectivity index (χ4n) is 3.65. The van der Waals surface area contributed by atoms with Crippen molar-refractivity contribution in [3.8, 4) is 6.07 Å². The van der Waals surface area contributed by atoms with Crippen molar-refractivity contribution in [3.63, 3.8) is 0 Å². The molecule has 0 aromatic heterocycles. The van der Waals surface area contributed by atoms with Crippen molar-refractivity contribution >= 4 is 27.5 Å². The summed E-state index contributed by atoms with van der Waals surface area (Å²) in [5.41, 5.74) is 1.39. The summed E-state index contributed by atoms with van der Waals surface area (Å²) < 4.78 is 28.1. The van der Waals surface area contributed by atoms with Crippen molar-refractivity contribution in [2.75, 3.05) is 4.90 Å². The molecule has 0 radical (unpaired) electrons. The SMILES string of the molecule is N#Cc1ccc(N2C(=O)CC(N(Cc3ccccc3)S(=O)(=O)c3ccccc3)C2=O)cc1. The summed E-state index contributed by atoms with van der Waals surface area (Å²) in [6.45, 7) is -0.0526. The van der Waals surface area contributed by atoms with Crippen LogP contribution in [0.15, 0.2) is 89.8 Å². The fraction of sp³-hybridized carbons (Fsp3) is 0.125. The molecule has 8 heteroatoms. The Labute approximate surface area is 186 Å². The molecule has 0 N–H and O–H groups in total. The number of nitrogens with zero attached hydrogens (tertiary/aromatic N) is 3. The van der Waals surface area contributed by atoms with E-state index in [1.54, 1.807) is 42.5 Å². The molecule has 0 spiro atoms. The lowest BCUT2D eigenvalue weighted by atomic mass is 10.2. The van der Waals surface area contributed by atoms with Gasteiger partial charge in [0.15, 0.2) is 0 Å². The average molecular weight is 446 g/mol. The first kappa shape index (κ1) is 21.4. The van der Waals surface area contributed by atoms with Crippen LogP contribution in [0, 0.1) is 11.3 Å². The Kier molecular flexibility index (Phi) is 5.86. The van der Waals surface area contributed by atoms with Crippen LogP contribution in [0.4, 0.5) is 5.69 Å². The van der Waals surface area contributed by atoms with Gasteiger partial charge in [0, 0.05) is 6.54 Å². The number of hydrogen-bond donors (Lipinski definition) is 0. The minimum atomic E-state index is -4.06. The van der Waals surface area contributed by atoms with Gasteiger partial charge < -0.3 is 0 Å². The van der Waals surface area contributed by atoms with Crippen LogP contribution in [-0.4, -0.2) is 30.6 Å². The molecule has 3 aromatic carbocycles. The van der Waals surface area contributed by atoms with Crippen LogP contribution in [-0.2, 0) is 26.2 Å². The average Bonchev–Trinajstić information content (AvgIpc) is 3.12. The second kappa shape index (κ2) is 8.75. The van der Waals surface area contributed by atoms with Gasteiger partial charge in [0.05, 0.1) is 28.6 Å². The summed E-state index contributed by atoms with van der Waals surface area (Å²) in [7, 11) is -4.06. The van der Waals surface area contributed by atoms with Crippen LogP contribution in [0.25, 0.3) is 0 Å². The van der Waals surface area contributed by atoms with Crippen molar-refractivity contribution in [1.29, 1.82) is 5.26 Å². The Bertz CT molecular complexity index is 1280. The fourth-order valence-corrected chi connectivity index (χ4v) is 5.24. The first-order valence-electron chi connectivity index (χ1n) is 9.89. The molecule has 1 atom stereocenters. The van der Waals surface area contributed by atoms with Gasteiger partial charge in [-0.25, -0.2) is 13.3 Å². The molecule has 1 unspecified atom stereocenters. The largest absolute Gasteiger partial charge is 0.274 e. The standard InChI is InChI=1S/C24H19N3O4S/c25-16-18-11-13-20(14-12-18)27-23(28)15-22(24(27)29)26(17-19-7-3-1-4-8-19)32(30,31)21-9-5-2-6-10-21/h1-14,22H,15,17H2. The van der Waals surface area contributed by atoms with Gasteiger partial charge in [0.2, 0.25) is 15.9 Å². The molecule has 0 saturated carbocycles. The van der Waals surface area contributed by atoms with Crippen LogP contribution in [0.3, 0.4) is 0 Å². The summed E-state index contributed by atoms with van der Waals surface area (Å²) in [5.74, 6) is -1.11. The molecule has 4 rings (SSSR count). The van der Waals surface area contributed by atoms with Gasteiger partial charge in [-0.05, 0) is 42.0 Å². The van der Waals surface area contributed by atoms with E-state index in [4.69, 9.17) is 5.26 Å². The molecule has 3 aromatic rings. The monoisotopic (exact) mass is 445 g/mol. The lowest BCUT2D eigenvalue weighted by Gasteiger charge is -2.27. The van der Waals surface area contributed by atoms with E-state index in [0.29, 0.717) is 16.8 Å². The van der Waals surface area contributed by atoms with Crippen LogP contribution >= 0.6 is 0 Å². The lowest BCUT2D eigenvalue weighted by Crippen LogP contribution is -2.45. The Morgan fingerprint density at radius 1 is 0.906 bits per heavy atom. The van der Waals surface area contributed by atoms with E-state index in [0.717, 1.165) is 9.21 Å². The third-order valence-electron chi connectivity index (χ3n) is 5.26. The van der Waals surface area contributed by atoms with E-state index in [-0.39, 0.29) is 17.9 Å². The predicted molar refractivity (Wildman–Crippen MR) is 118 cm³/mol. The number of anilines is 1. The Hall–Kier alpha value is -3.80. The van der Waals surface area contributed by atoms with E-state index in [9.17, 15) is 18.0 Å². The Morgan fingerprint density at radius 3 is 2.09 bits per heavy atom.